The molecule has 2 aromatic carbocycles. The molecule has 4 rings (SSSR count). The number of ether oxygens (including phenoxy) is 1. The third kappa shape index (κ3) is 10.1. The van der Waals surface area contributed by atoms with Crippen LogP contribution in [0.3, 0.4) is 0 Å². The highest BCUT2D eigenvalue weighted by Crippen LogP contribution is 2.38. The van der Waals surface area contributed by atoms with Crippen LogP contribution in [0.4, 0.5) is 5.69 Å². The van der Waals surface area contributed by atoms with Crippen LogP contribution in [-0.4, -0.2) is 54.6 Å². The molecule has 2 aliphatic rings. The summed E-state index contributed by atoms with van der Waals surface area (Å²) < 4.78 is 22.2. The van der Waals surface area contributed by atoms with Gasteiger partial charge in [-0.15, -0.1) is 0 Å². The van der Waals surface area contributed by atoms with E-state index in [-0.39, 0.29) is 11.8 Å². The molecular formula is C33H50ClN3O4S. The van der Waals surface area contributed by atoms with Gasteiger partial charge in [-0.3, -0.25) is 9.52 Å². The van der Waals surface area contributed by atoms with Crippen LogP contribution >= 0.6 is 11.6 Å². The summed E-state index contributed by atoms with van der Waals surface area (Å²) in [5.74, 6) is 1.22. The minimum atomic E-state index is -1.67. The Morgan fingerprint density at radius 3 is 2.60 bits per heavy atom. The maximum Gasteiger partial charge on any atom is 0.248 e. The van der Waals surface area contributed by atoms with Gasteiger partial charge in [-0.2, -0.15) is 0 Å². The molecule has 0 aliphatic carbocycles. The van der Waals surface area contributed by atoms with Crippen LogP contribution in [0.15, 0.2) is 53.4 Å². The number of benzene rings is 2. The van der Waals surface area contributed by atoms with Crippen LogP contribution in [0.5, 0.6) is 5.75 Å². The van der Waals surface area contributed by atoms with Crippen molar-refractivity contribution in [1.29, 1.82) is 0 Å². The SMILES string of the molecule is CC.CCCc1cc(Cl)ccc1C1COc2ccc3cc2N(CCC(CC)C/C=C/CN[C@H](C)C(=O)NS3=O)C1.CO. The van der Waals surface area contributed by atoms with E-state index in [9.17, 15) is 9.00 Å². The molecule has 7 nitrogen and oxygen atoms in total. The summed E-state index contributed by atoms with van der Waals surface area (Å²) in [5, 5.41) is 10.9. The van der Waals surface area contributed by atoms with Crippen molar-refractivity contribution >= 4 is 34.2 Å². The fraction of sp³-hybridized carbons (Fsp3) is 0.545. The number of aliphatic hydroxyl groups excluding tert-OH is 1. The Balaban J connectivity index is 0.00000148. The quantitative estimate of drug-likeness (QED) is 0.343. The van der Waals surface area contributed by atoms with Gasteiger partial charge in [0, 0.05) is 37.7 Å². The van der Waals surface area contributed by atoms with Crippen molar-refractivity contribution in [3.8, 4) is 5.75 Å². The van der Waals surface area contributed by atoms with Crippen molar-refractivity contribution in [2.75, 3.05) is 38.3 Å². The van der Waals surface area contributed by atoms with Gasteiger partial charge in [0.15, 0.2) is 11.0 Å². The molecular weight excluding hydrogens is 570 g/mol. The van der Waals surface area contributed by atoms with Gasteiger partial charge in [0.1, 0.15) is 5.75 Å². The zero-order chi connectivity index (χ0) is 31.1. The van der Waals surface area contributed by atoms with E-state index in [1.54, 1.807) is 13.0 Å². The predicted octanol–water partition coefficient (Wildman–Crippen LogP) is 6.40. The molecule has 0 fully saturated rings. The number of aliphatic hydroxyl groups is 1. The number of hydrogen-bond donors (Lipinski definition) is 3. The average molecular weight is 620 g/mol. The number of amides is 1. The number of hydrogen-bond acceptors (Lipinski definition) is 6. The van der Waals surface area contributed by atoms with Crippen molar-refractivity contribution in [2.45, 2.75) is 83.6 Å². The van der Waals surface area contributed by atoms with Gasteiger partial charge in [-0.05, 0) is 73.6 Å². The van der Waals surface area contributed by atoms with Crippen LogP contribution in [-0.2, 0) is 22.2 Å². The van der Waals surface area contributed by atoms with E-state index in [1.807, 2.05) is 32.0 Å². The maximum atomic E-state index is 13.1. The lowest BCUT2D eigenvalue weighted by Crippen LogP contribution is -2.42. The first-order chi connectivity index (χ1) is 20.4. The molecule has 4 atom stereocenters. The smallest absolute Gasteiger partial charge is 0.248 e. The van der Waals surface area contributed by atoms with Gasteiger partial charge in [0.25, 0.3) is 0 Å². The Kier molecular flexibility index (Phi) is 16.2. The van der Waals surface area contributed by atoms with Crippen molar-refractivity contribution in [2.24, 2.45) is 5.92 Å². The zero-order valence-electron chi connectivity index (χ0n) is 26.1. The van der Waals surface area contributed by atoms with Crippen molar-refractivity contribution < 1.29 is 18.8 Å². The summed E-state index contributed by atoms with van der Waals surface area (Å²) in [4.78, 5) is 15.6. The minimum Gasteiger partial charge on any atom is -0.491 e. The van der Waals surface area contributed by atoms with Crippen LogP contribution in [0.2, 0.25) is 5.02 Å². The first kappa shape index (κ1) is 35.8. The number of nitrogens with one attached hydrogen (secondary N) is 2. The summed E-state index contributed by atoms with van der Waals surface area (Å²) in [7, 11) is -0.667. The summed E-state index contributed by atoms with van der Waals surface area (Å²) in [6.45, 7) is 13.0. The molecule has 9 heteroatoms. The minimum absolute atomic E-state index is 0.173. The zero-order valence-corrected chi connectivity index (χ0v) is 27.7. The number of aryl methyl sites for hydroxylation is 1. The lowest BCUT2D eigenvalue weighted by atomic mass is 9.91. The van der Waals surface area contributed by atoms with E-state index in [4.69, 9.17) is 21.4 Å². The Labute approximate surface area is 260 Å². The topological polar surface area (TPSA) is 90.9 Å². The summed E-state index contributed by atoms with van der Waals surface area (Å²) >= 11 is 6.36. The molecule has 234 valence electrons. The van der Waals surface area contributed by atoms with E-state index in [1.165, 1.54) is 11.1 Å². The van der Waals surface area contributed by atoms with Crippen molar-refractivity contribution in [3.63, 3.8) is 0 Å². The highest BCUT2D eigenvalue weighted by atomic mass is 35.5. The number of anilines is 1. The molecule has 0 aromatic heterocycles. The Bertz CT molecular complexity index is 1180. The van der Waals surface area contributed by atoms with E-state index in [0.29, 0.717) is 24.0 Å². The fourth-order valence-corrected chi connectivity index (χ4v) is 6.31. The van der Waals surface area contributed by atoms with Gasteiger partial charge in [-0.25, -0.2) is 4.21 Å². The second kappa shape index (κ2) is 19.0. The first-order valence-corrected chi connectivity index (χ1v) is 16.8. The first-order valence-electron chi connectivity index (χ1n) is 15.2. The number of rotatable bonds is 4. The molecule has 0 saturated carbocycles. The normalized spacial score (nSPS) is 23.5. The average Bonchev–Trinajstić information content (AvgIpc) is 3.19. The molecule has 42 heavy (non-hydrogen) atoms. The number of carbonyl (C=O) groups excluding carboxylic acids is 1. The lowest BCUT2D eigenvalue weighted by Gasteiger charge is -2.29. The summed E-state index contributed by atoms with van der Waals surface area (Å²) in [6.07, 6.45) is 9.46. The summed E-state index contributed by atoms with van der Waals surface area (Å²) in [5.41, 5.74) is 3.49. The van der Waals surface area contributed by atoms with Crippen molar-refractivity contribution in [1.82, 2.24) is 10.0 Å². The van der Waals surface area contributed by atoms with E-state index in [0.717, 1.165) is 68.8 Å². The van der Waals surface area contributed by atoms with Crippen LogP contribution in [0.1, 0.15) is 77.3 Å². The van der Waals surface area contributed by atoms with Gasteiger partial charge < -0.3 is 20.1 Å². The number of nitrogens with zero attached hydrogens (tertiary/aromatic N) is 1. The number of carbonyl (C=O) groups is 1. The fourth-order valence-electron chi connectivity index (χ4n) is 5.22. The summed E-state index contributed by atoms with van der Waals surface area (Å²) in [6, 6.07) is 11.4. The lowest BCUT2D eigenvalue weighted by molar-refractivity contribution is -0.120. The Hall–Kier alpha value is -2.39. The molecule has 2 aliphatic heterocycles. The van der Waals surface area contributed by atoms with Gasteiger partial charge in [-0.1, -0.05) is 70.4 Å². The predicted molar refractivity (Wildman–Crippen MR) is 176 cm³/mol. The third-order valence-electron chi connectivity index (χ3n) is 7.58. The van der Waals surface area contributed by atoms with E-state index < -0.39 is 17.0 Å². The highest BCUT2D eigenvalue weighted by molar-refractivity contribution is 7.83. The molecule has 0 spiro atoms. The molecule has 0 saturated heterocycles. The van der Waals surface area contributed by atoms with Crippen molar-refractivity contribution in [3.05, 3.63) is 64.7 Å². The highest BCUT2D eigenvalue weighted by Gasteiger charge is 2.27. The number of halogens is 1. The molecule has 3 N–H and O–H groups in total. The maximum absolute atomic E-state index is 13.1. The van der Waals surface area contributed by atoms with Gasteiger partial charge in [0.2, 0.25) is 5.91 Å². The van der Waals surface area contributed by atoms with E-state index in [2.05, 4.69) is 53.1 Å². The molecule has 2 aromatic rings. The molecule has 2 bridgehead atoms. The van der Waals surface area contributed by atoms with Crippen LogP contribution in [0, 0.1) is 5.92 Å². The van der Waals surface area contributed by atoms with Crippen LogP contribution < -0.4 is 19.7 Å². The van der Waals surface area contributed by atoms with Gasteiger partial charge in [0.05, 0.1) is 23.2 Å². The molecule has 0 radical (unpaired) electrons. The molecule has 1 amide bonds. The number of fused-ring (bicyclic) bond motifs is 1. The Morgan fingerprint density at radius 1 is 1.12 bits per heavy atom. The molecule has 3 unspecified atom stereocenters. The largest absolute Gasteiger partial charge is 0.491 e. The standard InChI is InChI=1S/C30H40ClN3O3S.C2H6.CH4O/c1-4-8-23-17-25(31)10-12-27(23)24-19-34-16-14-22(5-2)9-6-7-15-32-21(3)30(35)33-38(36)26-11-13-29(37-20-24)28(34)18-26;2*1-2/h6-7,10-13,17-18,21-22,24,32H,4-5,8-9,14-16,19-20H2,1-3H3,(H,33,35);1-2H3;2H,1H3/b7-6+;;/t21-,22?,24?,38?;;/m1../s1. The number of allylic oxidation sites excluding steroid dienone is 1. The second-order valence-corrected chi connectivity index (χ2v) is 12.0. The third-order valence-corrected chi connectivity index (χ3v) is 8.88. The van der Waals surface area contributed by atoms with E-state index >= 15 is 0 Å². The monoisotopic (exact) mass is 619 g/mol. The second-order valence-electron chi connectivity index (χ2n) is 10.3. The molecule has 2 heterocycles. The van der Waals surface area contributed by atoms with Crippen LogP contribution in [0.25, 0.3) is 0 Å². The Morgan fingerprint density at radius 2 is 1.88 bits per heavy atom. The van der Waals surface area contributed by atoms with Gasteiger partial charge >= 0.3 is 0 Å².